The van der Waals surface area contributed by atoms with E-state index >= 15 is 0 Å². The van der Waals surface area contributed by atoms with E-state index < -0.39 is 41.1 Å². The van der Waals surface area contributed by atoms with Crippen LogP contribution in [0.2, 0.25) is 0 Å². The molecule has 0 heterocycles. The fourth-order valence-electron chi connectivity index (χ4n) is 2.33. The first-order chi connectivity index (χ1) is 14.2. The van der Waals surface area contributed by atoms with Crippen molar-refractivity contribution in [3.8, 4) is 0 Å². The van der Waals surface area contributed by atoms with Gasteiger partial charge in [-0.3, -0.25) is 14.9 Å². The summed E-state index contributed by atoms with van der Waals surface area (Å²) in [6, 6.07) is 14.5. The van der Waals surface area contributed by atoms with Gasteiger partial charge in [-0.1, -0.05) is 48.0 Å². The Labute approximate surface area is 175 Å². The van der Waals surface area contributed by atoms with E-state index in [2.05, 4.69) is 5.32 Å². The molecule has 9 nitrogen and oxygen atoms in total. The summed E-state index contributed by atoms with van der Waals surface area (Å²) in [6.45, 7) is 0.756. The fraction of sp³-hybridized carbons (Fsp3) is 0.250. The van der Waals surface area contributed by atoms with Gasteiger partial charge in [0, 0.05) is 13.6 Å². The van der Waals surface area contributed by atoms with Crippen LogP contribution >= 0.6 is 0 Å². The van der Waals surface area contributed by atoms with E-state index in [0.29, 0.717) is 0 Å². The van der Waals surface area contributed by atoms with Gasteiger partial charge in [-0.2, -0.15) is 4.31 Å². The van der Waals surface area contributed by atoms with Crippen LogP contribution in [0.1, 0.15) is 11.1 Å². The average Bonchev–Trinajstić information content (AvgIpc) is 2.72. The van der Waals surface area contributed by atoms with Crippen molar-refractivity contribution in [2.75, 3.05) is 20.2 Å². The number of amides is 3. The highest BCUT2D eigenvalue weighted by Gasteiger charge is 2.23. The SMILES string of the molecule is Cc1ccc(S(=O)(=O)N(C)CC(=O)OCC(=O)NC(=O)NCc2ccccc2)cc1. The van der Waals surface area contributed by atoms with Crippen LogP contribution in [-0.4, -0.2) is 50.8 Å². The first kappa shape index (κ1) is 23.0. The summed E-state index contributed by atoms with van der Waals surface area (Å²) in [5.41, 5.74) is 1.75. The summed E-state index contributed by atoms with van der Waals surface area (Å²) >= 11 is 0. The zero-order valence-corrected chi connectivity index (χ0v) is 17.4. The van der Waals surface area contributed by atoms with Crippen LogP contribution in [0.5, 0.6) is 0 Å². The number of carbonyl (C=O) groups is 3. The number of likely N-dealkylation sites (N-methyl/N-ethyl adjacent to an activating group) is 1. The van der Waals surface area contributed by atoms with Crippen LogP contribution in [-0.2, 0) is 30.9 Å². The molecule has 10 heteroatoms. The Morgan fingerprint density at radius 2 is 1.63 bits per heavy atom. The summed E-state index contributed by atoms with van der Waals surface area (Å²) in [6.07, 6.45) is 0. The van der Waals surface area contributed by atoms with Gasteiger partial charge in [-0.25, -0.2) is 13.2 Å². The van der Waals surface area contributed by atoms with Crippen LogP contribution in [0.25, 0.3) is 0 Å². The summed E-state index contributed by atoms with van der Waals surface area (Å²) in [5.74, 6) is -1.76. The first-order valence-electron chi connectivity index (χ1n) is 8.98. The van der Waals surface area contributed by atoms with Gasteiger partial charge in [0.25, 0.3) is 5.91 Å². The van der Waals surface area contributed by atoms with Crippen LogP contribution in [0.4, 0.5) is 4.79 Å². The molecular weight excluding hydrogens is 410 g/mol. The molecule has 0 saturated carbocycles. The number of hydrogen-bond donors (Lipinski definition) is 2. The molecule has 160 valence electrons. The van der Waals surface area contributed by atoms with Crippen molar-refractivity contribution in [2.24, 2.45) is 0 Å². The number of ether oxygens (including phenoxy) is 1. The molecule has 30 heavy (non-hydrogen) atoms. The van der Waals surface area contributed by atoms with E-state index in [1.807, 2.05) is 42.6 Å². The van der Waals surface area contributed by atoms with E-state index in [4.69, 9.17) is 4.74 Å². The molecule has 0 fully saturated rings. The largest absolute Gasteiger partial charge is 0.455 e. The topological polar surface area (TPSA) is 122 Å². The lowest BCUT2D eigenvalue weighted by Crippen LogP contribution is -2.41. The minimum atomic E-state index is -3.87. The number of nitrogens with zero attached hydrogens (tertiary/aromatic N) is 1. The first-order valence-corrected chi connectivity index (χ1v) is 10.4. The lowest BCUT2D eigenvalue weighted by atomic mass is 10.2. The van der Waals surface area contributed by atoms with Crippen molar-refractivity contribution >= 4 is 27.9 Å². The summed E-state index contributed by atoms with van der Waals surface area (Å²) in [4.78, 5) is 35.3. The summed E-state index contributed by atoms with van der Waals surface area (Å²) in [7, 11) is -2.64. The van der Waals surface area contributed by atoms with E-state index in [1.54, 1.807) is 12.1 Å². The maximum absolute atomic E-state index is 12.4. The van der Waals surface area contributed by atoms with Crippen molar-refractivity contribution in [3.05, 3.63) is 65.7 Å². The number of aryl methyl sites for hydroxylation is 1. The zero-order chi connectivity index (χ0) is 22.1. The van der Waals surface area contributed by atoms with Gasteiger partial charge in [0.2, 0.25) is 10.0 Å². The quantitative estimate of drug-likeness (QED) is 0.603. The van der Waals surface area contributed by atoms with Crippen molar-refractivity contribution in [1.82, 2.24) is 14.9 Å². The molecule has 0 saturated heterocycles. The second kappa shape index (κ2) is 10.5. The molecule has 0 radical (unpaired) electrons. The van der Waals surface area contributed by atoms with Crippen molar-refractivity contribution in [1.29, 1.82) is 0 Å². The highest BCUT2D eigenvalue weighted by molar-refractivity contribution is 7.89. The second-order valence-electron chi connectivity index (χ2n) is 6.45. The fourth-order valence-corrected chi connectivity index (χ4v) is 3.45. The molecule has 0 aromatic heterocycles. The lowest BCUT2D eigenvalue weighted by molar-refractivity contribution is -0.148. The predicted molar refractivity (Wildman–Crippen MR) is 109 cm³/mol. The number of nitrogens with one attached hydrogen (secondary N) is 2. The standard InChI is InChI=1S/C20H23N3O6S/c1-15-8-10-17(11-9-15)30(27,28)23(2)13-19(25)29-14-18(24)22-20(26)21-12-16-6-4-3-5-7-16/h3-11H,12-14H2,1-2H3,(H2,21,22,24,26). The van der Waals surface area contributed by atoms with Gasteiger partial charge >= 0.3 is 12.0 Å². The third-order valence-corrected chi connectivity index (χ3v) is 5.81. The Morgan fingerprint density at radius 3 is 2.27 bits per heavy atom. The lowest BCUT2D eigenvalue weighted by Gasteiger charge is -2.16. The highest BCUT2D eigenvalue weighted by atomic mass is 32.2. The highest BCUT2D eigenvalue weighted by Crippen LogP contribution is 2.14. The van der Waals surface area contributed by atoms with Crippen LogP contribution in [0, 0.1) is 6.92 Å². The zero-order valence-electron chi connectivity index (χ0n) is 16.6. The third-order valence-electron chi connectivity index (χ3n) is 3.99. The summed E-state index contributed by atoms with van der Waals surface area (Å²) < 4.78 is 30.4. The number of hydrogen-bond acceptors (Lipinski definition) is 6. The van der Waals surface area contributed by atoms with Crippen LogP contribution in [0.3, 0.4) is 0 Å². The molecule has 0 aliphatic carbocycles. The van der Waals surface area contributed by atoms with Crippen molar-refractivity contribution in [2.45, 2.75) is 18.4 Å². The molecule has 2 aromatic carbocycles. The van der Waals surface area contributed by atoms with Gasteiger partial charge in [-0.05, 0) is 24.6 Å². The maximum Gasteiger partial charge on any atom is 0.321 e. The Hall–Kier alpha value is -3.24. The number of imide groups is 1. The predicted octanol–water partition coefficient (Wildman–Crippen LogP) is 1.18. The molecule has 0 spiro atoms. The van der Waals surface area contributed by atoms with Gasteiger partial charge in [0.15, 0.2) is 6.61 Å². The molecule has 2 aromatic rings. The molecule has 2 rings (SSSR count). The number of esters is 1. The van der Waals surface area contributed by atoms with E-state index in [1.165, 1.54) is 19.2 Å². The van der Waals surface area contributed by atoms with Crippen molar-refractivity contribution < 1.29 is 27.5 Å². The van der Waals surface area contributed by atoms with E-state index in [9.17, 15) is 22.8 Å². The monoisotopic (exact) mass is 433 g/mol. The normalized spacial score (nSPS) is 11.0. The Morgan fingerprint density at radius 1 is 1.00 bits per heavy atom. The second-order valence-corrected chi connectivity index (χ2v) is 8.50. The van der Waals surface area contributed by atoms with E-state index in [-0.39, 0.29) is 11.4 Å². The van der Waals surface area contributed by atoms with Gasteiger partial charge in [0.05, 0.1) is 4.90 Å². The number of rotatable bonds is 8. The number of urea groups is 1. The molecule has 0 atom stereocenters. The van der Waals surface area contributed by atoms with Gasteiger partial charge in [-0.15, -0.1) is 0 Å². The molecule has 0 unspecified atom stereocenters. The molecule has 3 amide bonds. The van der Waals surface area contributed by atoms with Gasteiger partial charge in [0.1, 0.15) is 6.54 Å². The number of sulfonamides is 1. The van der Waals surface area contributed by atoms with E-state index in [0.717, 1.165) is 15.4 Å². The third kappa shape index (κ3) is 6.98. The Balaban J connectivity index is 1.75. The summed E-state index contributed by atoms with van der Waals surface area (Å²) in [5, 5.41) is 4.51. The smallest absolute Gasteiger partial charge is 0.321 e. The molecule has 0 aliphatic rings. The average molecular weight is 433 g/mol. The minimum absolute atomic E-state index is 0.0382. The van der Waals surface area contributed by atoms with Crippen LogP contribution < -0.4 is 10.6 Å². The molecule has 0 aliphatic heterocycles. The molecule has 2 N–H and O–H groups in total. The number of carbonyl (C=O) groups excluding carboxylic acids is 3. The maximum atomic E-state index is 12.4. The van der Waals surface area contributed by atoms with Gasteiger partial charge < -0.3 is 10.1 Å². The number of benzene rings is 2. The van der Waals surface area contributed by atoms with Crippen LogP contribution in [0.15, 0.2) is 59.5 Å². The Kier molecular flexibility index (Phi) is 8.07. The van der Waals surface area contributed by atoms with Crippen molar-refractivity contribution in [3.63, 3.8) is 0 Å². The molecular formula is C20H23N3O6S. The molecule has 0 bridgehead atoms. The Bertz CT molecular complexity index is 991. The minimum Gasteiger partial charge on any atom is -0.455 e.